The van der Waals surface area contributed by atoms with Crippen LogP contribution in [0.15, 0.2) is 35.9 Å². The van der Waals surface area contributed by atoms with Crippen LogP contribution in [-0.4, -0.2) is 29.8 Å². The van der Waals surface area contributed by atoms with Crippen molar-refractivity contribution in [1.29, 1.82) is 0 Å². The van der Waals surface area contributed by atoms with E-state index in [2.05, 4.69) is 35.2 Å². The van der Waals surface area contributed by atoms with E-state index in [0.717, 1.165) is 32.4 Å². The monoisotopic (exact) mass is 227 g/mol. The largest absolute Gasteiger partial charge is 0.300 e. The van der Waals surface area contributed by atoms with Gasteiger partial charge in [-0.05, 0) is 12.0 Å². The van der Waals surface area contributed by atoms with E-state index in [-0.39, 0.29) is 0 Å². The van der Waals surface area contributed by atoms with E-state index in [1.54, 1.807) is 0 Å². The molecule has 0 N–H and O–H groups in total. The number of piperidine rings is 1. The lowest BCUT2D eigenvalue weighted by atomic mass is 10.0. The second kappa shape index (κ2) is 4.46. The highest BCUT2D eigenvalue weighted by Gasteiger charge is 2.32. The molecule has 17 heavy (non-hydrogen) atoms. The lowest BCUT2D eigenvalue weighted by Crippen LogP contribution is -2.37. The molecule has 2 aliphatic rings. The number of rotatable bonds is 1. The first kappa shape index (κ1) is 10.7. The Bertz CT molecular complexity index is 449. The van der Waals surface area contributed by atoms with E-state index in [1.807, 2.05) is 6.07 Å². The van der Waals surface area contributed by atoms with Crippen molar-refractivity contribution >= 4 is 11.9 Å². The van der Waals surface area contributed by atoms with Gasteiger partial charge in [0, 0.05) is 32.0 Å². The van der Waals surface area contributed by atoms with E-state index >= 15 is 0 Å². The first-order chi connectivity index (χ1) is 8.31. The van der Waals surface area contributed by atoms with Crippen LogP contribution in [0.1, 0.15) is 24.8 Å². The predicted molar refractivity (Wildman–Crippen MR) is 68.6 cm³/mol. The van der Waals surface area contributed by atoms with Gasteiger partial charge in [-0.15, -0.1) is 0 Å². The maximum absolute atomic E-state index is 11.4. The summed E-state index contributed by atoms with van der Waals surface area (Å²) in [5, 5.41) is 0. The van der Waals surface area contributed by atoms with Crippen molar-refractivity contribution in [2.75, 3.05) is 13.1 Å². The fraction of sp³-hybridized carbons (Fsp3) is 0.400. The van der Waals surface area contributed by atoms with E-state index in [4.69, 9.17) is 0 Å². The molecule has 2 saturated heterocycles. The minimum Gasteiger partial charge on any atom is -0.300 e. The third-order valence-corrected chi connectivity index (χ3v) is 3.73. The van der Waals surface area contributed by atoms with Gasteiger partial charge < -0.3 is 0 Å². The minimum absolute atomic E-state index is 0.437. The number of ketones is 1. The molecule has 88 valence electrons. The number of hydrogen-bond acceptors (Lipinski definition) is 2. The van der Waals surface area contributed by atoms with Crippen molar-refractivity contribution in [1.82, 2.24) is 4.90 Å². The van der Waals surface area contributed by atoms with Crippen molar-refractivity contribution < 1.29 is 4.79 Å². The molecule has 3 rings (SSSR count). The van der Waals surface area contributed by atoms with Crippen LogP contribution >= 0.6 is 0 Å². The summed E-state index contributed by atoms with van der Waals surface area (Å²) in [6.45, 7) is 2.00. The van der Waals surface area contributed by atoms with Gasteiger partial charge in [0.25, 0.3) is 0 Å². The van der Waals surface area contributed by atoms with Gasteiger partial charge >= 0.3 is 0 Å². The lowest BCUT2D eigenvalue weighted by Gasteiger charge is -2.27. The zero-order chi connectivity index (χ0) is 11.7. The van der Waals surface area contributed by atoms with Crippen LogP contribution in [-0.2, 0) is 4.79 Å². The summed E-state index contributed by atoms with van der Waals surface area (Å²) >= 11 is 0. The molecule has 2 aliphatic heterocycles. The van der Waals surface area contributed by atoms with E-state index in [9.17, 15) is 4.79 Å². The maximum atomic E-state index is 11.4. The molecule has 0 unspecified atom stereocenters. The van der Waals surface area contributed by atoms with Gasteiger partial charge in [0.2, 0.25) is 0 Å². The minimum atomic E-state index is 0.437. The summed E-state index contributed by atoms with van der Waals surface area (Å²) in [5.41, 5.74) is 2.74. The van der Waals surface area contributed by atoms with E-state index in [1.165, 1.54) is 11.1 Å². The highest BCUT2D eigenvalue weighted by molar-refractivity contribution is 5.80. The molecule has 0 bridgehead atoms. The van der Waals surface area contributed by atoms with Crippen LogP contribution in [0.4, 0.5) is 0 Å². The predicted octanol–water partition coefficient (Wildman–Crippen LogP) is 2.51. The molecular weight excluding hydrogens is 210 g/mol. The summed E-state index contributed by atoms with van der Waals surface area (Å²) in [6.07, 6.45) is 4.85. The molecule has 2 nitrogen and oxygen atoms in total. The Kier molecular flexibility index (Phi) is 2.81. The number of benzene rings is 1. The van der Waals surface area contributed by atoms with Crippen molar-refractivity contribution in [3.05, 3.63) is 41.5 Å². The highest BCUT2D eigenvalue weighted by atomic mass is 16.1. The van der Waals surface area contributed by atoms with Crippen LogP contribution in [0.3, 0.4) is 0 Å². The van der Waals surface area contributed by atoms with Gasteiger partial charge in [-0.3, -0.25) is 9.69 Å². The molecule has 0 radical (unpaired) electrons. The average molecular weight is 227 g/mol. The Labute approximate surface area is 102 Å². The normalized spacial score (nSPS) is 27.4. The Morgan fingerprint density at radius 2 is 2.00 bits per heavy atom. The average Bonchev–Trinajstić information content (AvgIpc) is 2.71. The van der Waals surface area contributed by atoms with Crippen molar-refractivity contribution in [2.24, 2.45) is 0 Å². The molecule has 1 aromatic rings. The molecule has 0 aliphatic carbocycles. The van der Waals surface area contributed by atoms with Gasteiger partial charge in [0.15, 0.2) is 0 Å². The van der Waals surface area contributed by atoms with Crippen LogP contribution in [0.5, 0.6) is 0 Å². The van der Waals surface area contributed by atoms with Crippen molar-refractivity contribution in [3.8, 4) is 0 Å². The topological polar surface area (TPSA) is 20.3 Å². The molecule has 0 aromatic heterocycles. The smallest absolute Gasteiger partial charge is 0.135 e. The molecular formula is C15H17NO. The van der Waals surface area contributed by atoms with Gasteiger partial charge in [0.05, 0.1) is 0 Å². The number of hydrogen-bond donors (Lipinski definition) is 0. The zero-order valence-electron chi connectivity index (χ0n) is 9.93. The molecule has 0 saturated carbocycles. The molecule has 2 fully saturated rings. The number of fused-ring (bicyclic) bond motifs is 1. The van der Waals surface area contributed by atoms with E-state index < -0.39 is 0 Å². The highest BCUT2D eigenvalue weighted by Crippen LogP contribution is 2.29. The number of nitrogens with zero attached hydrogens (tertiary/aromatic N) is 1. The summed E-state index contributed by atoms with van der Waals surface area (Å²) in [4.78, 5) is 13.9. The standard InChI is InChI=1S/C15H17NO/c17-15-6-7-16-11-13(9-14(16)10-15)8-12-4-2-1-3-5-12/h1-5,8,14H,6-7,9-11H2/t14-/m0/s1. The number of carbonyl (C=O) groups is 1. The Morgan fingerprint density at radius 3 is 2.82 bits per heavy atom. The van der Waals surface area contributed by atoms with Crippen LogP contribution < -0.4 is 0 Å². The molecule has 0 amide bonds. The van der Waals surface area contributed by atoms with Crippen LogP contribution in [0.25, 0.3) is 6.08 Å². The van der Waals surface area contributed by atoms with Crippen LogP contribution in [0.2, 0.25) is 0 Å². The third kappa shape index (κ3) is 2.32. The molecule has 2 heterocycles. The fourth-order valence-corrected chi connectivity index (χ4v) is 2.87. The summed E-state index contributed by atoms with van der Waals surface area (Å²) in [7, 11) is 0. The fourth-order valence-electron chi connectivity index (χ4n) is 2.87. The molecule has 1 aromatic carbocycles. The molecule has 2 heteroatoms. The Balaban J connectivity index is 1.75. The maximum Gasteiger partial charge on any atom is 0.135 e. The summed E-state index contributed by atoms with van der Waals surface area (Å²) < 4.78 is 0. The lowest BCUT2D eigenvalue weighted by molar-refractivity contribution is -0.122. The van der Waals surface area contributed by atoms with Crippen LogP contribution in [0, 0.1) is 0 Å². The first-order valence-electron chi connectivity index (χ1n) is 6.31. The van der Waals surface area contributed by atoms with Crippen molar-refractivity contribution in [3.63, 3.8) is 0 Å². The quantitative estimate of drug-likeness (QED) is 0.734. The number of Topliss-reactive ketones (excluding diaryl/α,β-unsaturated/α-hetero) is 1. The number of carbonyl (C=O) groups excluding carboxylic acids is 1. The molecule has 0 spiro atoms. The SMILES string of the molecule is O=C1CCN2CC(=Cc3ccccc3)C[C@H]2C1. The van der Waals surface area contributed by atoms with Gasteiger partial charge in [-0.25, -0.2) is 0 Å². The van der Waals surface area contributed by atoms with Gasteiger partial charge in [-0.1, -0.05) is 42.0 Å². The van der Waals surface area contributed by atoms with Crippen molar-refractivity contribution in [2.45, 2.75) is 25.3 Å². The zero-order valence-corrected chi connectivity index (χ0v) is 9.93. The first-order valence-corrected chi connectivity index (χ1v) is 6.31. The second-order valence-electron chi connectivity index (χ2n) is 5.03. The second-order valence-corrected chi connectivity index (χ2v) is 5.03. The van der Waals surface area contributed by atoms with E-state index in [0.29, 0.717) is 11.8 Å². The van der Waals surface area contributed by atoms with Gasteiger partial charge in [-0.2, -0.15) is 0 Å². The summed E-state index contributed by atoms with van der Waals surface area (Å²) in [6, 6.07) is 10.9. The summed E-state index contributed by atoms with van der Waals surface area (Å²) in [5.74, 6) is 0.437. The van der Waals surface area contributed by atoms with Gasteiger partial charge in [0.1, 0.15) is 5.78 Å². The Hall–Kier alpha value is -1.41. The molecule has 1 atom stereocenters. The Morgan fingerprint density at radius 1 is 1.18 bits per heavy atom. The third-order valence-electron chi connectivity index (χ3n) is 3.73.